The van der Waals surface area contributed by atoms with Crippen LogP contribution >= 0.6 is 12.2 Å². The molecule has 0 saturated heterocycles. The van der Waals surface area contributed by atoms with Crippen LogP contribution in [0.25, 0.3) is 0 Å². The van der Waals surface area contributed by atoms with E-state index in [4.69, 9.17) is 18.0 Å². The van der Waals surface area contributed by atoms with Crippen LogP contribution in [-0.2, 0) is 0 Å². The number of imidazole rings is 1. The quantitative estimate of drug-likeness (QED) is 0.799. The summed E-state index contributed by atoms with van der Waals surface area (Å²) in [5.74, 6) is -0.925. The molecule has 0 spiro atoms. The van der Waals surface area contributed by atoms with Gasteiger partial charge in [-0.2, -0.15) is 0 Å². The second-order valence-corrected chi connectivity index (χ2v) is 5.14. The van der Waals surface area contributed by atoms with Crippen LogP contribution in [0, 0.1) is 0 Å². The van der Waals surface area contributed by atoms with E-state index in [1.54, 1.807) is 29.3 Å². The number of nitrogens with zero attached hydrogens (tertiary/aromatic N) is 3. The van der Waals surface area contributed by atoms with Crippen molar-refractivity contribution in [2.24, 2.45) is 5.73 Å². The summed E-state index contributed by atoms with van der Waals surface area (Å²) in [6.07, 6.45) is 3.68. The molecule has 1 aromatic heterocycles. The van der Waals surface area contributed by atoms with Crippen LogP contribution in [0.5, 0.6) is 0 Å². The molecule has 0 radical (unpaired) electrons. The van der Waals surface area contributed by atoms with Crippen LogP contribution in [0.2, 0.25) is 0 Å². The summed E-state index contributed by atoms with van der Waals surface area (Å²) in [5.41, 5.74) is 5.84. The van der Waals surface area contributed by atoms with Gasteiger partial charge in [0.05, 0.1) is 6.20 Å². The fraction of sp³-hybridized carbons (Fsp3) is 0.200. The molecular weight excluding hydrogens is 314 g/mol. The van der Waals surface area contributed by atoms with E-state index in [1.807, 2.05) is 13.0 Å². The summed E-state index contributed by atoms with van der Waals surface area (Å²) < 4.78 is 1.54. The average Bonchev–Trinajstić information content (AvgIpc) is 3.03. The SMILES string of the molecule is CCCN(C(=S)NC(=O)c1ccccc1)n1cnc(C(N)=O)c1. The molecule has 0 fully saturated rings. The highest BCUT2D eigenvalue weighted by atomic mass is 32.1. The number of aromatic nitrogens is 2. The lowest BCUT2D eigenvalue weighted by atomic mass is 10.2. The first-order valence-electron chi connectivity index (χ1n) is 7.05. The summed E-state index contributed by atoms with van der Waals surface area (Å²) in [6, 6.07) is 8.78. The molecule has 0 aliphatic carbocycles. The van der Waals surface area contributed by atoms with Gasteiger partial charge in [-0.25, -0.2) is 9.66 Å². The maximum atomic E-state index is 12.2. The molecule has 0 saturated carbocycles. The average molecular weight is 331 g/mol. The molecule has 2 aromatic rings. The van der Waals surface area contributed by atoms with Crippen LogP contribution in [0.15, 0.2) is 42.9 Å². The molecule has 120 valence electrons. The highest BCUT2D eigenvalue weighted by Crippen LogP contribution is 2.02. The Labute approximate surface area is 139 Å². The van der Waals surface area contributed by atoms with E-state index in [-0.39, 0.29) is 16.7 Å². The number of carbonyl (C=O) groups is 2. The number of benzene rings is 1. The summed E-state index contributed by atoms with van der Waals surface area (Å²) >= 11 is 5.30. The van der Waals surface area contributed by atoms with Gasteiger partial charge in [0.15, 0.2) is 5.11 Å². The number of nitrogens with one attached hydrogen (secondary N) is 1. The van der Waals surface area contributed by atoms with Crippen molar-refractivity contribution in [3.05, 3.63) is 54.1 Å². The Bertz CT molecular complexity index is 714. The monoisotopic (exact) mass is 331 g/mol. The minimum atomic E-state index is -0.626. The number of carbonyl (C=O) groups excluding carboxylic acids is 2. The third kappa shape index (κ3) is 4.13. The highest BCUT2D eigenvalue weighted by molar-refractivity contribution is 7.80. The Morgan fingerprint density at radius 1 is 1.35 bits per heavy atom. The number of hydrogen-bond acceptors (Lipinski definition) is 4. The van der Waals surface area contributed by atoms with Crippen molar-refractivity contribution in [3.8, 4) is 0 Å². The minimum absolute atomic E-state index is 0.128. The van der Waals surface area contributed by atoms with Crippen molar-refractivity contribution in [2.45, 2.75) is 13.3 Å². The molecule has 3 N–H and O–H groups in total. The van der Waals surface area contributed by atoms with Crippen molar-refractivity contribution < 1.29 is 9.59 Å². The fourth-order valence-corrected chi connectivity index (χ4v) is 2.21. The minimum Gasteiger partial charge on any atom is -0.364 e. The maximum absolute atomic E-state index is 12.2. The standard InChI is InChI=1S/C15H17N5O2S/c1-2-8-20(19-9-12(13(16)21)17-10-19)15(23)18-14(22)11-6-4-3-5-7-11/h3-7,9-10H,2,8H2,1H3,(H2,16,21)(H,18,22,23). The predicted molar refractivity (Wildman–Crippen MR) is 90.6 cm³/mol. The number of thiocarbonyl (C=S) groups is 1. The molecule has 2 amide bonds. The van der Waals surface area contributed by atoms with E-state index in [9.17, 15) is 9.59 Å². The number of rotatable bonds is 5. The van der Waals surface area contributed by atoms with Crippen molar-refractivity contribution in [1.29, 1.82) is 0 Å². The van der Waals surface area contributed by atoms with E-state index in [0.29, 0.717) is 12.1 Å². The van der Waals surface area contributed by atoms with Crippen molar-refractivity contribution in [3.63, 3.8) is 0 Å². The van der Waals surface area contributed by atoms with E-state index in [0.717, 1.165) is 6.42 Å². The van der Waals surface area contributed by atoms with Gasteiger partial charge in [0.25, 0.3) is 11.8 Å². The molecule has 0 aliphatic heterocycles. The molecule has 8 heteroatoms. The van der Waals surface area contributed by atoms with Crippen LogP contribution in [0.4, 0.5) is 0 Å². The van der Waals surface area contributed by atoms with Crippen molar-refractivity contribution >= 4 is 29.1 Å². The van der Waals surface area contributed by atoms with Crippen LogP contribution in [0.1, 0.15) is 34.2 Å². The third-order valence-corrected chi connectivity index (χ3v) is 3.34. The predicted octanol–water partition coefficient (Wildman–Crippen LogP) is 1.04. The first-order chi connectivity index (χ1) is 11.0. The zero-order chi connectivity index (χ0) is 16.8. The molecule has 7 nitrogen and oxygen atoms in total. The Balaban J connectivity index is 2.14. The second kappa shape index (κ2) is 7.50. The smallest absolute Gasteiger partial charge is 0.268 e. The molecule has 0 unspecified atom stereocenters. The highest BCUT2D eigenvalue weighted by Gasteiger charge is 2.16. The molecule has 1 aromatic carbocycles. The third-order valence-electron chi connectivity index (χ3n) is 3.03. The van der Waals surface area contributed by atoms with Gasteiger partial charge < -0.3 is 5.73 Å². The van der Waals surface area contributed by atoms with E-state index >= 15 is 0 Å². The van der Waals surface area contributed by atoms with Crippen LogP contribution in [0.3, 0.4) is 0 Å². The summed E-state index contributed by atoms with van der Waals surface area (Å²) in [5, 5.41) is 4.52. The Morgan fingerprint density at radius 2 is 2.04 bits per heavy atom. The number of nitrogens with two attached hydrogens (primary N) is 1. The van der Waals surface area contributed by atoms with Crippen LogP contribution in [-0.4, -0.2) is 33.1 Å². The number of amides is 2. The second-order valence-electron chi connectivity index (χ2n) is 4.75. The maximum Gasteiger partial charge on any atom is 0.268 e. The zero-order valence-electron chi connectivity index (χ0n) is 12.6. The van der Waals surface area contributed by atoms with Gasteiger partial charge in [0.1, 0.15) is 12.0 Å². The normalized spacial score (nSPS) is 10.1. The zero-order valence-corrected chi connectivity index (χ0v) is 13.4. The largest absolute Gasteiger partial charge is 0.364 e. The van der Waals surface area contributed by atoms with E-state index in [1.165, 1.54) is 17.2 Å². The molecule has 0 aliphatic rings. The first kappa shape index (κ1) is 16.6. The number of primary amides is 1. The van der Waals surface area contributed by atoms with Gasteiger partial charge in [-0.15, -0.1) is 0 Å². The Hall–Kier alpha value is -2.74. The molecule has 0 atom stereocenters. The molecular formula is C15H17N5O2S. The van der Waals surface area contributed by atoms with Gasteiger partial charge >= 0.3 is 0 Å². The van der Waals surface area contributed by atoms with E-state index < -0.39 is 5.91 Å². The molecule has 0 bridgehead atoms. The lowest BCUT2D eigenvalue weighted by Gasteiger charge is -2.25. The molecule has 2 rings (SSSR count). The summed E-state index contributed by atoms with van der Waals surface area (Å²) in [7, 11) is 0. The van der Waals surface area contributed by atoms with Crippen molar-refractivity contribution in [1.82, 2.24) is 15.0 Å². The Kier molecular flexibility index (Phi) is 5.42. The number of hydrogen-bond donors (Lipinski definition) is 2. The van der Waals surface area contributed by atoms with Crippen molar-refractivity contribution in [2.75, 3.05) is 11.6 Å². The molecule has 23 heavy (non-hydrogen) atoms. The van der Waals surface area contributed by atoms with Gasteiger partial charge in [0.2, 0.25) is 0 Å². The summed E-state index contributed by atoms with van der Waals surface area (Å²) in [6.45, 7) is 2.52. The van der Waals surface area contributed by atoms with E-state index in [2.05, 4.69) is 10.3 Å². The molecule has 1 heterocycles. The van der Waals surface area contributed by atoms with Gasteiger partial charge in [-0.05, 0) is 30.8 Å². The first-order valence-corrected chi connectivity index (χ1v) is 7.45. The van der Waals surface area contributed by atoms with Gasteiger partial charge in [-0.3, -0.25) is 19.9 Å². The topological polar surface area (TPSA) is 93.2 Å². The van der Waals surface area contributed by atoms with Gasteiger partial charge in [0, 0.05) is 12.1 Å². The van der Waals surface area contributed by atoms with Gasteiger partial charge in [-0.1, -0.05) is 25.1 Å². The lowest BCUT2D eigenvalue weighted by Crippen LogP contribution is -2.48. The lowest BCUT2D eigenvalue weighted by molar-refractivity contribution is 0.0973. The van der Waals surface area contributed by atoms with Crippen LogP contribution < -0.4 is 16.1 Å². The summed E-state index contributed by atoms with van der Waals surface area (Å²) in [4.78, 5) is 27.2. The fourth-order valence-electron chi connectivity index (χ4n) is 1.93. The Morgan fingerprint density at radius 3 is 2.61 bits per heavy atom.